The number of alkyl halides is 3. The molecule has 2 aromatic carbocycles. The second-order valence-corrected chi connectivity index (χ2v) is 10.5. The van der Waals surface area contributed by atoms with Gasteiger partial charge in [-0.15, -0.1) is 0 Å². The average molecular weight is 577 g/mol. The van der Waals surface area contributed by atoms with Crippen molar-refractivity contribution in [1.29, 1.82) is 0 Å². The molecule has 1 aliphatic carbocycles. The summed E-state index contributed by atoms with van der Waals surface area (Å²) < 4.78 is 45.6. The predicted molar refractivity (Wildman–Crippen MR) is 146 cm³/mol. The number of hydrogen-bond donors (Lipinski definition) is 2. The minimum absolute atomic E-state index is 0.116. The van der Waals surface area contributed by atoms with Gasteiger partial charge in [-0.1, -0.05) is 29.4 Å². The number of aryl methyl sites for hydroxylation is 1. The first-order chi connectivity index (χ1) is 20.2. The highest BCUT2D eigenvalue weighted by Crippen LogP contribution is 2.47. The van der Waals surface area contributed by atoms with E-state index >= 15 is 0 Å². The van der Waals surface area contributed by atoms with Crippen LogP contribution in [0.4, 0.5) is 23.7 Å². The summed E-state index contributed by atoms with van der Waals surface area (Å²) in [6.07, 6.45) is -0.270. The molecule has 0 unspecified atom stereocenters. The van der Waals surface area contributed by atoms with E-state index in [2.05, 4.69) is 25.8 Å². The summed E-state index contributed by atoms with van der Waals surface area (Å²) in [5.41, 5.74) is 3.39. The highest BCUT2D eigenvalue weighted by molar-refractivity contribution is 5.89. The molecule has 4 aromatic rings. The molecule has 42 heavy (non-hydrogen) atoms. The lowest BCUT2D eigenvalue weighted by molar-refractivity contribution is -0.137. The van der Waals surface area contributed by atoms with Crippen LogP contribution in [0.15, 0.2) is 65.4 Å². The third-order valence-electron chi connectivity index (χ3n) is 7.65. The highest BCUT2D eigenvalue weighted by atomic mass is 19.4. The maximum atomic E-state index is 13.5. The van der Waals surface area contributed by atoms with Gasteiger partial charge in [0.2, 0.25) is 11.8 Å². The van der Waals surface area contributed by atoms with Crippen LogP contribution >= 0.6 is 0 Å². The van der Waals surface area contributed by atoms with Crippen LogP contribution in [0.1, 0.15) is 46.3 Å². The van der Waals surface area contributed by atoms with E-state index in [0.717, 1.165) is 28.8 Å². The Hall–Kier alpha value is -4.74. The van der Waals surface area contributed by atoms with E-state index in [1.165, 1.54) is 6.07 Å². The Morgan fingerprint density at radius 1 is 1.12 bits per heavy atom. The van der Waals surface area contributed by atoms with Crippen LogP contribution in [0.3, 0.4) is 0 Å². The van der Waals surface area contributed by atoms with Gasteiger partial charge < -0.3 is 20.1 Å². The Labute approximate surface area is 239 Å². The summed E-state index contributed by atoms with van der Waals surface area (Å²) in [6, 6.07) is 12.0. The molecule has 6 rings (SSSR count). The highest BCUT2D eigenvalue weighted by Gasteiger charge is 2.47. The molecule has 1 saturated carbocycles. The number of urea groups is 1. The van der Waals surface area contributed by atoms with E-state index in [0.29, 0.717) is 47.9 Å². The number of halogens is 3. The maximum absolute atomic E-state index is 13.5. The van der Waals surface area contributed by atoms with Crippen LogP contribution in [0.2, 0.25) is 0 Å². The van der Waals surface area contributed by atoms with Gasteiger partial charge in [0.1, 0.15) is 0 Å². The Balaban J connectivity index is 1.26. The van der Waals surface area contributed by atoms with Crippen LogP contribution in [0, 0.1) is 12.8 Å². The number of benzene rings is 2. The quantitative estimate of drug-likeness (QED) is 0.315. The summed E-state index contributed by atoms with van der Waals surface area (Å²) in [5.74, 6) is 0.432. The van der Waals surface area contributed by atoms with Crippen molar-refractivity contribution in [1.82, 2.24) is 25.3 Å². The summed E-state index contributed by atoms with van der Waals surface area (Å²) in [5, 5.41) is 9.61. The predicted octanol–water partition coefficient (Wildman–Crippen LogP) is 5.47. The summed E-state index contributed by atoms with van der Waals surface area (Å²) in [6.45, 7) is 2.52. The number of amides is 3. The fraction of sp³-hybridized carbons (Fsp3) is 0.300. The Morgan fingerprint density at radius 2 is 1.98 bits per heavy atom. The van der Waals surface area contributed by atoms with Gasteiger partial charge in [0.15, 0.2) is 5.82 Å². The van der Waals surface area contributed by atoms with E-state index in [1.54, 1.807) is 48.5 Å². The number of nitrogens with zero attached hydrogens (tertiary/aromatic N) is 4. The number of pyridine rings is 1. The van der Waals surface area contributed by atoms with E-state index in [-0.39, 0.29) is 36.9 Å². The van der Waals surface area contributed by atoms with Crippen LogP contribution in [-0.2, 0) is 30.5 Å². The van der Waals surface area contributed by atoms with E-state index in [4.69, 9.17) is 4.52 Å². The van der Waals surface area contributed by atoms with Gasteiger partial charge in [-0.2, -0.15) is 18.2 Å². The number of nitrogens with one attached hydrogen (secondary N) is 2. The summed E-state index contributed by atoms with van der Waals surface area (Å²) in [7, 11) is 0. The van der Waals surface area contributed by atoms with Crippen molar-refractivity contribution in [2.75, 3.05) is 11.9 Å². The Kier molecular flexibility index (Phi) is 7.13. The van der Waals surface area contributed by atoms with Crippen LogP contribution in [0.5, 0.6) is 0 Å². The van der Waals surface area contributed by atoms with Gasteiger partial charge in [0.25, 0.3) is 0 Å². The Bertz CT molecular complexity index is 1640. The molecule has 9 nitrogen and oxygen atoms in total. The second-order valence-electron chi connectivity index (χ2n) is 10.5. The molecule has 3 amide bonds. The lowest BCUT2D eigenvalue weighted by atomic mass is 9.87. The number of hydrogen-bond acceptors (Lipinski definition) is 6. The van der Waals surface area contributed by atoms with Gasteiger partial charge >= 0.3 is 12.2 Å². The summed E-state index contributed by atoms with van der Waals surface area (Å²) >= 11 is 0. The standard InChI is InChI=1S/C30H27F3N6O3/c1-17-36-28(42-38-17)25-13-24(25)27(40)35-14-19-7-8-22(18-4-2-5-20(12-18)30(31,32)33)23-9-11-39(16-26(19)23)29(41)37-21-6-3-10-34-15-21/h2-8,10,12,15,24-25H,9,11,13-14,16H2,1H3,(H,35,40)(H,37,41)/t24-,25-/m0/s1. The number of aromatic nitrogens is 3. The largest absolute Gasteiger partial charge is 0.416 e. The number of anilines is 1. The van der Waals surface area contributed by atoms with E-state index < -0.39 is 11.7 Å². The molecule has 0 saturated heterocycles. The van der Waals surface area contributed by atoms with Gasteiger partial charge in [0.05, 0.1) is 29.3 Å². The zero-order chi connectivity index (χ0) is 29.4. The fourth-order valence-corrected chi connectivity index (χ4v) is 5.39. The van der Waals surface area contributed by atoms with Crippen molar-refractivity contribution in [2.45, 2.75) is 44.9 Å². The van der Waals surface area contributed by atoms with Gasteiger partial charge in [-0.25, -0.2) is 4.79 Å². The van der Waals surface area contributed by atoms with Gasteiger partial charge in [0, 0.05) is 25.8 Å². The number of rotatable bonds is 6. The molecular weight excluding hydrogens is 549 g/mol. The van der Waals surface area contributed by atoms with Crippen molar-refractivity contribution < 1.29 is 27.3 Å². The number of carbonyl (C=O) groups is 2. The number of carbonyl (C=O) groups excluding carboxylic acids is 2. The van der Waals surface area contributed by atoms with Crippen LogP contribution < -0.4 is 10.6 Å². The molecule has 0 bridgehead atoms. The smallest absolute Gasteiger partial charge is 0.352 e. The fourth-order valence-electron chi connectivity index (χ4n) is 5.39. The first kappa shape index (κ1) is 27.4. The monoisotopic (exact) mass is 576 g/mol. The first-order valence-corrected chi connectivity index (χ1v) is 13.5. The third kappa shape index (κ3) is 5.69. The zero-order valence-electron chi connectivity index (χ0n) is 22.6. The lowest BCUT2D eigenvalue weighted by Gasteiger charge is -2.32. The molecule has 2 aliphatic rings. The van der Waals surface area contributed by atoms with Crippen LogP contribution in [0.25, 0.3) is 11.1 Å². The Morgan fingerprint density at radius 3 is 2.71 bits per heavy atom. The van der Waals surface area contributed by atoms with Crippen molar-refractivity contribution in [2.24, 2.45) is 5.92 Å². The maximum Gasteiger partial charge on any atom is 0.416 e. The normalized spacial score (nSPS) is 17.9. The SMILES string of the molecule is Cc1noc([C@H]2C[C@@H]2C(=O)NCc2ccc(-c3cccc(C(F)(F)F)c3)c3c2CN(C(=O)Nc2cccnc2)CC3)n1. The molecule has 0 radical (unpaired) electrons. The lowest BCUT2D eigenvalue weighted by Crippen LogP contribution is -2.40. The molecule has 0 spiro atoms. The van der Waals surface area contributed by atoms with Crippen LogP contribution in [-0.4, -0.2) is 38.5 Å². The van der Waals surface area contributed by atoms with Crippen molar-refractivity contribution in [3.8, 4) is 11.1 Å². The molecular formula is C30H27F3N6O3. The van der Waals surface area contributed by atoms with Gasteiger partial charge in [-0.3, -0.25) is 9.78 Å². The molecule has 2 N–H and O–H groups in total. The molecule has 216 valence electrons. The molecule has 12 heteroatoms. The average Bonchev–Trinajstić information content (AvgIpc) is 3.68. The minimum Gasteiger partial charge on any atom is -0.352 e. The minimum atomic E-state index is -4.47. The first-order valence-electron chi connectivity index (χ1n) is 13.5. The zero-order valence-corrected chi connectivity index (χ0v) is 22.6. The van der Waals surface area contributed by atoms with Gasteiger partial charge in [-0.05, 0) is 71.8 Å². The second kappa shape index (κ2) is 10.9. The van der Waals surface area contributed by atoms with E-state index in [1.807, 2.05) is 6.07 Å². The topological polar surface area (TPSA) is 113 Å². The molecule has 1 fully saturated rings. The van der Waals surface area contributed by atoms with Crippen molar-refractivity contribution in [3.63, 3.8) is 0 Å². The van der Waals surface area contributed by atoms with Crippen molar-refractivity contribution in [3.05, 3.63) is 94.9 Å². The third-order valence-corrected chi connectivity index (χ3v) is 7.65. The molecule has 3 heterocycles. The molecule has 1 aliphatic heterocycles. The van der Waals surface area contributed by atoms with Crippen molar-refractivity contribution >= 4 is 17.6 Å². The molecule has 2 aromatic heterocycles. The summed E-state index contributed by atoms with van der Waals surface area (Å²) in [4.78, 5) is 35.9. The molecule has 2 atom stereocenters. The number of fused-ring (bicyclic) bond motifs is 1. The van der Waals surface area contributed by atoms with E-state index in [9.17, 15) is 22.8 Å².